The maximum Gasteiger partial charge on any atom is 0.333 e. The maximum atomic E-state index is 11.3. The number of hydrogen-bond donors (Lipinski definition) is 0. The quantitative estimate of drug-likeness (QED) is 0.406. The van der Waals surface area contributed by atoms with Crippen LogP contribution in [0.25, 0.3) is 0 Å². The molecule has 4 heteroatoms. The molecule has 0 spiro atoms. The summed E-state index contributed by atoms with van der Waals surface area (Å²) in [5, 5.41) is 0. The van der Waals surface area contributed by atoms with Gasteiger partial charge >= 0.3 is 11.9 Å². The lowest BCUT2D eigenvalue weighted by Gasteiger charge is -2.10. The van der Waals surface area contributed by atoms with Crippen molar-refractivity contribution in [2.75, 3.05) is 13.2 Å². The summed E-state index contributed by atoms with van der Waals surface area (Å²) in [4.78, 5) is 22.4. The van der Waals surface area contributed by atoms with Crippen molar-refractivity contribution in [3.63, 3.8) is 0 Å². The molecule has 0 fully saturated rings. The van der Waals surface area contributed by atoms with Gasteiger partial charge in [-0.15, -0.1) is 0 Å². The van der Waals surface area contributed by atoms with E-state index in [1.54, 1.807) is 33.8 Å². The van der Waals surface area contributed by atoms with Crippen LogP contribution < -0.4 is 0 Å². The highest BCUT2D eigenvalue weighted by atomic mass is 16.5. The Labute approximate surface area is 102 Å². The van der Waals surface area contributed by atoms with E-state index in [4.69, 9.17) is 9.47 Å². The lowest BCUT2D eigenvalue weighted by molar-refractivity contribution is -0.146. The Balaban J connectivity index is 3.89. The van der Waals surface area contributed by atoms with Gasteiger partial charge in [0.2, 0.25) is 0 Å². The van der Waals surface area contributed by atoms with Crippen LogP contribution in [0.4, 0.5) is 0 Å². The molecule has 0 saturated heterocycles. The van der Waals surface area contributed by atoms with Gasteiger partial charge in [0.15, 0.2) is 0 Å². The monoisotopic (exact) mass is 240 g/mol. The smallest absolute Gasteiger partial charge is 0.333 e. The zero-order valence-corrected chi connectivity index (χ0v) is 10.9. The summed E-state index contributed by atoms with van der Waals surface area (Å²) >= 11 is 0. The van der Waals surface area contributed by atoms with Crippen molar-refractivity contribution in [1.82, 2.24) is 0 Å². The summed E-state index contributed by atoms with van der Waals surface area (Å²) in [6.45, 7) is 10.7. The minimum atomic E-state index is -0.385. The van der Waals surface area contributed by atoms with Crippen LogP contribution in [-0.2, 0) is 19.1 Å². The van der Waals surface area contributed by atoms with Crippen LogP contribution in [0, 0.1) is 5.92 Å². The fraction of sp³-hybridized carbons (Fsp3) is 0.538. The van der Waals surface area contributed by atoms with Gasteiger partial charge in [-0.3, -0.25) is 4.79 Å². The van der Waals surface area contributed by atoms with E-state index >= 15 is 0 Å². The van der Waals surface area contributed by atoms with E-state index in [0.717, 1.165) is 0 Å². The van der Waals surface area contributed by atoms with E-state index in [9.17, 15) is 9.59 Å². The lowest BCUT2D eigenvalue weighted by Crippen LogP contribution is -2.16. The van der Waals surface area contributed by atoms with Crippen molar-refractivity contribution < 1.29 is 19.1 Å². The van der Waals surface area contributed by atoms with E-state index in [0.29, 0.717) is 11.1 Å². The molecule has 0 saturated carbocycles. The molecular formula is C13H20O4. The number of carbonyl (C=O) groups is 2. The Morgan fingerprint density at radius 3 is 2.24 bits per heavy atom. The molecule has 0 aromatic carbocycles. The molecule has 96 valence electrons. The fourth-order valence-electron chi connectivity index (χ4n) is 0.781. The summed E-state index contributed by atoms with van der Waals surface area (Å²) in [6, 6.07) is 0. The first-order valence-corrected chi connectivity index (χ1v) is 5.51. The van der Waals surface area contributed by atoms with Crippen LogP contribution >= 0.6 is 0 Å². The van der Waals surface area contributed by atoms with Gasteiger partial charge in [-0.05, 0) is 19.4 Å². The van der Waals surface area contributed by atoms with Crippen LogP contribution in [0.2, 0.25) is 0 Å². The topological polar surface area (TPSA) is 52.6 Å². The van der Waals surface area contributed by atoms with E-state index in [1.807, 2.05) is 0 Å². The third-order valence-corrected chi connectivity index (χ3v) is 2.05. The first kappa shape index (κ1) is 15.4. The second kappa shape index (κ2) is 7.65. The molecule has 4 nitrogen and oxygen atoms in total. The van der Waals surface area contributed by atoms with Crippen molar-refractivity contribution >= 4 is 11.9 Å². The zero-order chi connectivity index (χ0) is 13.4. The van der Waals surface area contributed by atoms with Gasteiger partial charge in [0.1, 0.15) is 13.2 Å². The molecule has 0 N–H and O–H groups in total. The number of rotatable bonds is 6. The normalized spacial score (nSPS) is 11.2. The molecule has 0 aliphatic rings. The fourth-order valence-corrected chi connectivity index (χ4v) is 0.781. The average molecular weight is 240 g/mol. The van der Waals surface area contributed by atoms with Crippen molar-refractivity contribution in [3.05, 3.63) is 23.8 Å². The summed E-state index contributed by atoms with van der Waals surface area (Å²) < 4.78 is 9.89. The van der Waals surface area contributed by atoms with Gasteiger partial charge in [-0.2, -0.15) is 0 Å². The van der Waals surface area contributed by atoms with Gasteiger partial charge in [-0.1, -0.05) is 26.5 Å². The maximum absolute atomic E-state index is 11.3. The van der Waals surface area contributed by atoms with Gasteiger partial charge in [0, 0.05) is 5.57 Å². The number of ether oxygens (including phenoxy) is 2. The average Bonchev–Trinajstić information content (AvgIpc) is 2.31. The number of allylic oxidation sites excluding steroid dienone is 1. The molecular weight excluding hydrogens is 220 g/mol. The molecule has 0 aliphatic heterocycles. The third-order valence-electron chi connectivity index (χ3n) is 2.05. The largest absolute Gasteiger partial charge is 0.461 e. The van der Waals surface area contributed by atoms with Crippen LogP contribution in [0.5, 0.6) is 0 Å². The van der Waals surface area contributed by atoms with Gasteiger partial charge in [0.25, 0.3) is 0 Å². The van der Waals surface area contributed by atoms with E-state index in [2.05, 4.69) is 6.58 Å². The Hall–Kier alpha value is -1.58. The Morgan fingerprint density at radius 1 is 1.24 bits per heavy atom. The van der Waals surface area contributed by atoms with Crippen molar-refractivity contribution in [1.29, 1.82) is 0 Å². The van der Waals surface area contributed by atoms with E-state index in [-0.39, 0.29) is 31.1 Å². The third kappa shape index (κ3) is 6.56. The van der Waals surface area contributed by atoms with Crippen LogP contribution in [0.15, 0.2) is 23.8 Å². The highest BCUT2D eigenvalue weighted by Crippen LogP contribution is 2.02. The Kier molecular flexibility index (Phi) is 6.94. The van der Waals surface area contributed by atoms with E-state index in [1.165, 1.54) is 0 Å². The number of esters is 2. The molecule has 17 heavy (non-hydrogen) atoms. The summed E-state index contributed by atoms with van der Waals surface area (Å²) in [5.41, 5.74) is 1.09. The summed E-state index contributed by atoms with van der Waals surface area (Å²) in [7, 11) is 0. The van der Waals surface area contributed by atoms with Crippen LogP contribution in [0.3, 0.4) is 0 Å². The molecule has 0 atom stereocenters. The highest BCUT2D eigenvalue weighted by Gasteiger charge is 2.10. The summed E-state index contributed by atoms with van der Waals surface area (Å²) in [6.07, 6.45) is 1.67. The number of carbonyl (C=O) groups excluding carboxylic acids is 2. The molecule has 0 radical (unpaired) electrons. The molecule has 0 heterocycles. The molecule has 0 aliphatic carbocycles. The molecule has 0 rings (SSSR count). The first-order chi connectivity index (χ1) is 7.88. The van der Waals surface area contributed by atoms with Gasteiger partial charge in [-0.25, -0.2) is 4.79 Å². The van der Waals surface area contributed by atoms with Gasteiger partial charge < -0.3 is 9.47 Å². The second-order valence-electron chi connectivity index (χ2n) is 4.06. The number of hydrogen-bond acceptors (Lipinski definition) is 4. The molecule has 0 amide bonds. The Bertz CT molecular complexity index is 326. The second-order valence-corrected chi connectivity index (χ2v) is 4.06. The molecule has 0 aromatic heterocycles. The predicted molar refractivity (Wildman–Crippen MR) is 65.3 cm³/mol. The van der Waals surface area contributed by atoms with Crippen molar-refractivity contribution in [2.24, 2.45) is 5.92 Å². The molecule has 0 unspecified atom stereocenters. The Morgan fingerprint density at radius 2 is 1.76 bits per heavy atom. The molecule has 0 bridgehead atoms. The minimum Gasteiger partial charge on any atom is -0.461 e. The van der Waals surface area contributed by atoms with E-state index < -0.39 is 0 Å². The van der Waals surface area contributed by atoms with Crippen molar-refractivity contribution in [2.45, 2.75) is 27.7 Å². The highest BCUT2D eigenvalue weighted by molar-refractivity contribution is 5.87. The zero-order valence-electron chi connectivity index (χ0n) is 10.9. The predicted octanol–water partition coefficient (Wildman–Crippen LogP) is 2.25. The first-order valence-electron chi connectivity index (χ1n) is 5.51. The van der Waals surface area contributed by atoms with Crippen LogP contribution in [-0.4, -0.2) is 25.2 Å². The summed E-state index contributed by atoms with van der Waals surface area (Å²) in [5.74, 6) is -0.846. The van der Waals surface area contributed by atoms with Crippen LogP contribution in [0.1, 0.15) is 27.7 Å². The SMILES string of the molecule is C=C(COC(=O)/C(C)=C\C)COC(=O)C(C)C. The van der Waals surface area contributed by atoms with Crippen molar-refractivity contribution in [3.8, 4) is 0 Å². The minimum absolute atomic E-state index is 0.0649. The lowest BCUT2D eigenvalue weighted by atomic mass is 10.2. The van der Waals surface area contributed by atoms with Gasteiger partial charge in [0.05, 0.1) is 5.92 Å². The molecule has 0 aromatic rings. The standard InChI is InChI=1S/C13H20O4/c1-6-11(5)13(15)17-8-10(4)7-16-12(14)9(2)3/h6,9H,4,7-8H2,1-3,5H3/b11-6-.